The average Bonchev–Trinajstić information content (AvgIpc) is 2.28. The van der Waals surface area contributed by atoms with Gasteiger partial charge in [0.15, 0.2) is 0 Å². The average molecular weight is 275 g/mol. The fraction of sp³-hybridized carbons (Fsp3) is 0.538. The highest BCUT2D eigenvalue weighted by Gasteiger charge is 2.15. The summed E-state index contributed by atoms with van der Waals surface area (Å²) in [6, 6.07) is 4.63. The van der Waals surface area contributed by atoms with E-state index in [0.717, 1.165) is 5.56 Å². The van der Waals surface area contributed by atoms with Crippen molar-refractivity contribution in [2.24, 2.45) is 5.84 Å². The molecule has 0 bridgehead atoms. The monoisotopic (exact) mass is 274 g/mol. The molecule has 102 valence electrons. The van der Waals surface area contributed by atoms with Crippen LogP contribution < -0.4 is 11.3 Å². The summed E-state index contributed by atoms with van der Waals surface area (Å²) >= 11 is 5.73. The van der Waals surface area contributed by atoms with Gasteiger partial charge >= 0.3 is 0 Å². The van der Waals surface area contributed by atoms with Crippen molar-refractivity contribution in [3.05, 3.63) is 34.6 Å². The largest absolute Gasteiger partial charge is 0.374 e. The second kappa shape index (κ2) is 6.48. The molecule has 1 rings (SSSR count). The molecule has 0 amide bonds. The number of benzene rings is 1. The minimum atomic E-state index is -0.413. The van der Waals surface area contributed by atoms with E-state index in [4.69, 9.17) is 22.2 Å². The van der Waals surface area contributed by atoms with Crippen LogP contribution in [-0.2, 0) is 11.2 Å². The number of nitrogens with two attached hydrogens (primary N) is 1. The first-order valence-corrected chi connectivity index (χ1v) is 6.23. The summed E-state index contributed by atoms with van der Waals surface area (Å²) < 4.78 is 18.7. The van der Waals surface area contributed by atoms with E-state index in [9.17, 15) is 4.39 Å². The highest BCUT2D eigenvalue weighted by atomic mass is 35.5. The molecule has 1 aromatic rings. The lowest BCUT2D eigenvalue weighted by Crippen LogP contribution is -2.42. The lowest BCUT2D eigenvalue weighted by molar-refractivity contribution is -0.0143. The van der Waals surface area contributed by atoms with Crippen molar-refractivity contribution in [2.45, 2.75) is 38.8 Å². The molecular formula is C13H20ClFN2O. The number of nitrogens with one attached hydrogen (secondary N) is 1. The Morgan fingerprint density at radius 3 is 2.61 bits per heavy atom. The zero-order valence-corrected chi connectivity index (χ0v) is 11.7. The number of hydrazine groups is 1. The van der Waals surface area contributed by atoms with Gasteiger partial charge in [-0.2, -0.15) is 0 Å². The van der Waals surface area contributed by atoms with Crippen molar-refractivity contribution < 1.29 is 9.13 Å². The Kier molecular flexibility index (Phi) is 5.53. The van der Waals surface area contributed by atoms with Gasteiger partial charge in [0.05, 0.1) is 17.2 Å². The molecule has 0 spiro atoms. The number of hydrogen-bond donors (Lipinski definition) is 2. The van der Waals surface area contributed by atoms with Crippen LogP contribution in [0.4, 0.5) is 4.39 Å². The fourth-order valence-corrected chi connectivity index (χ4v) is 1.67. The lowest BCUT2D eigenvalue weighted by Gasteiger charge is -2.24. The standard InChI is InChI=1S/C13H20ClFN2O/c1-13(2,3)18-8-10(17-16)6-9-4-5-12(15)11(14)7-9/h4-5,7,10,17H,6,8,16H2,1-3H3. The van der Waals surface area contributed by atoms with E-state index >= 15 is 0 Å². The predicted octanol–water partition coefficient (Wildman–Crippen LogP) is 2.67. The molecule has 0 radical (unpaired) electrons. The highest BCUT2D eigenvalue weighted by Crippen LogP contribution is 2.17. The number of ether oxygens (including phenoxy) is 1. The predicted molar refractivity (Wildman–Crippen MR) is 71.9 cm³/mol. The van der Waals surface area contributed by atoms with Gasteiger partial charge in [-0.15, -0.1) is 0 Å². The molecular weight excluding hydrogens is 255 g/mol. The van der Waals surface area contributed by atoms with Crippen LogP contribution >= 0.6 is 11.6 Å². The fourth-order valence-electron chi connectivity index (χ4n) is 1.47. The van der Waals surface area contributed by atoms with Crippen molar-refractivity contribution >= 4 is 11.6 Å². The van der Waals surface area contributed by atoms with Crippen LogP contribution in [0.5, 0.6) is 0 Å². The van der Waals surface area contributed by atoms with Gasteiger partial charge in [-0.1, -0.05) is 17.7 Å². The smallest absolute Gasteiger partial charge is 0.141 e. The Morgan fingerprint density at radius 2 is 2.11 bits per heavy atom. The van der Waals surface area contributed by atoms with Gasteiger partial charge in [0, 0.05) is 6.04 Å². The molecule has 5 heteroatoms. The summed E-state index contributed by atoms with van der Waals surface area (Å²) in [4.78, 5) is 0. The first kappa shape index (κ1) is 15.4. The zero-order chi connectivity index (χ0) is 13.8. The maximum Gasteiger partial charge on any atom is 0.141 e. The second-order valence-electron chi connectivity index (χ2n) is 5.24. The van der Waals surface area contributed by atoms with Crippen molar-refractivity contribution in [2.75, 3.05) is 6.61 Å². The summed E-state index contributed by atoms with van der Waals surface area (Å²) in [6.07, 6.45) is 0.632. The highest BCUT2D eigenvalue weighted by molar-refractivity contribution is 6.30. The van der Waals surface area contributed by atoms with Gasteiger partial charge in [0.2, 0.25) is 0 Å². The van der Waals surface area contributed by atoms with Crippen molar-refractivity contribution in [3.63, 3.8) is 0 Å². The molecule has 18 heavy (non-hydrogen) atoms. The molecule has 1 aromatic carbocycles. The summed E-state index contributed by atoms with van der Waals surface area (Å²) in [5.41, 5.74) is 3.40. The molecule has 0 fully saturated rings. The molecule has 3 nitrogen and oxygen atoms in total. The van der Waals surface area contributed by atoms with Crippen LogP contribution in [0.1, 0.15) is 26.3 Å². The first-order chi connectivity index (χ1) is 8.31. The topological polar surface area (TPSA) is 47.3 Å². The van der Waals surface area contributed by atoms with Gasteiger partial charge in [-0.05, 0) is 44.9 Å². The Bertz CT molecular complexity index is 393. The third kappa shape index (κ3) is 5.31. The van der Waals surface area contributed by atoms with Crippen LogP contribution in [0.2, 0.25) is 5.02 Å². The molecule has 0 aromatic heterocycles. The van der Waals surface area contributed by atoms with E-state index in [2.05, 4.69) is 5.43 Å². The van der Waals surface area contributed by atoms with Crippen LogP contribution in [0.3, 0.4) is 0 Å². The van der Waals surface area contributed by atoms with Crippen molar-refractivity contribution in [1.29, 1.82) is 0 Å². The van der Waals surface area contributed by atoms with Crippen LogP contribution in [0.25, 0.3) is 0 Å². The lowest BCUT2D eigenvalue weighted by atomic mass is 10.1. The van der Waals surface area contributed by atoms with Crippen LogP contribution in [0, 0.1) is 5.82 Å². The summed E-state index contributed by atoms with van der Waals surface area (Å²) in [6.45, 7) is 6.43. The van der Waals surface area contributed by atoms with Gasteiger partial charge in [-0.25, -0.2) is 4.39 Å². The van der Waals surface area contributed by atoms with Gasteiger partial charge < -0.3 is 4.74 Å². The molecule has 0 saturated heterocycles. The maximum absolute atomic E-state index is 13.0. The number of rotatable bonds is 5. The molecule has 1 atom stereocenters. The van der Waals surface area contributed by atoms with E-state index in [1.807, 2.05) is 20.8 Å². The normalized spacial score (nSPS) is 13.7. The molecule has 0 aliphatic rings. The van der Waals surface area contributed by atoms with E-state index in [0.29, 0.717) is 13.0 Å². The molecule has 0 saturated carbocycles. The minimum absolute atomic E-state index is 0.0363. The third-order valence-corrected chi connectivity index (χ3v) is 2.71. The molecule has 0 aliphatic carbocycles. The van der Waals surface area contributed by atoms with Gasteiger partial charge in [-0.3, -0.25) is 11.3 Å². The molecule has 3 N–H and O–H groups in total. The second-order valence-corrected chi connectivity index (χ2v) is 5.65. The van der Waals surface area contributed by atoms with Crippen molar-refractivity contribution in [3.8, 4) is 0 Å². The van der Waals surface area contributed by atoms with E-state index < -0.39 is 5.82 Å². The van der Waals surface area contributed by atoms with Gasteiger partial charge in [0.1, 0.15) is 5.82 Å². The van der Waals surface area contributed by atoms with E-state index in [1.54, 1.807) is 12.1 Å². The Hall–Kier alpha value is -0.680. The van der Waals surface area contributed by atoms with E-state index in [1.165, 1.54) is 6.07 Å². The first-order valence-electron chi connectivity index (χ1n) is 5.86. The zero-order valence-electron chi connectivity index (χ0n) is 11.0. The van der Waals surface area contributed by atoms with Crippen LogP contribution in [-0.4, -0.2) is 18.2 Å². The SMILES string of the molecule is CC(C)(C)OCC(Cc1ccc(F)c(Cl)c1)NN. The third-order valence-electron chi connectivity index (χ3n) is 2.42. The Morgan fingerprint density at radius 1 is 1.44 bits per heavy atom. The minimum Gasteiger partial charge on any atom is -0.374 e. The summed E-state index contributed by atoms with van der Waals surface area (Å²) in [7, 11) is 0. The number of halogens is 2. The Balaban J connectivity index is 2.59. The number of hydrogen-bond acceptors (Lipinski definition) is 3. The quantitative estimate of drug-likeness (QED) is 0.641. The van der Waals surface area contributed by atoms with Crippen molar-refractivity contribution in [1.82, 2.24) is 5.43 Å². The molecule has 1 unspecified atom stereocenters. The molecule has 0 aliphatic heterocycles. The summed E-state index contributed by atoms with van der Waals surface area (Å²) in [5.74, 6) is 5.07. The summed E-state index contributed by atoms with van der Waals surface area (Å²) in [5, 5.41) is 0.125. The van der Waals surface area contributed by atoms with Crippen LogP contribution in [0.15, 0.2) is 18.2 Å². The van der Waals surface area contributed by atoms with Gasteiger partial charge in [0.25, 0.3) is 0 Å². The Labute approximate surface area is 112 Å². The van der Waals surface area contributed by atoms with E-state index in [-0.39, 0.29) is 16.7 Å². The molecule has 0 heterocycles. The maximum atomic E-state index is 13.0.